The lowest BCUT2D eigenvalue weighted by molar-refractivity contribution is 0.0995. The highest BCUT2D eigenvalue weighted by atomic mass is 19.1. The number of carbonyl (C=O) groups is 1. The van der Waals surface area contributed by atoms with Gasteiger partial charge in [-0.05, 0) is 37.3 Å². The van der Waals surface area contributed by atoms with Gasteiger partial charge in [-0.25, -0.2) is 4.39 Å². The first-order chi connectivity index (χ1) is 8.70. The third-order valence-corrected chi connectivity index (χ3v) is 2.79. The fraction of sp³-hybridized carbons (Fsp3) is 0.214. The number of nitrogens with zero attached hydrogens (tertiary/aromatic N) is 1. The van der Waals surface area contributed by atoms with E-state index in [1.54, 1.807) is 30.5 Å². The molecule has 0 aliphatic rings. The van der Waals surface area contributed by atoms with Gasteiger partial charge >= 0.3 is 0 Å². The number of rotatable bonds is 5. The van der Waals surface area contributed by atoms with Crippen molar-refractivity contribution in [2.45, 2.75) is 6.92 Å². The minimum Gasteiger partial charge on any atom is -0.364 e. The van der Waals surface area contributed by atoms with E-state index in [2.05, 4.69) is 4.98 Å². The fourth-order valence-corrected chi connectivity index (χ4v) is 1.82. The van der Waals surface area contributed by atoms with Gasteiger partial charge in [-0.15, -0.1) is 0 Å². The number of halogens is 1. The molecule has 0 atom stereocenters. The van der Waals surface area contributed by atoms with Crippen molar-refractivity contribution in [3.63, 3.8) is 0 Å². The number of H-pyrrole nitrogens is 1. The molecule has 1 N–H and O–H groups in total. The van der Waals surface area contributed by atoms with Crippen molar-refractivity contribution >= 4 is 11.5 Å². The molecule has 0 amide bonds. The van der Waals surface area contributed by atoms with E-state index < -0.39 is 0 Å². The monoisotopic (exact) mass is 246 g/mol. The highest BCUT2D eigenvalue weighted by Gasteiger charge is 2.12. The largest absolute Gasteiger partial charge is 0.364 e. The Hall–Kier alpha value is -2.10. The van der Waals surface area contributed by atoms with E-state index in [9.17, 15) is 9.18 Å². The summed E-state index contributed by atoms with van der Waals surface area (Å²) in [7, 11) is 0. The molecule has 0 aliphatic heterocycles. The maximum absolute atomic E-state index is 13.2. The van der Waals surface area contributed by atoms with Crippen LogP contribution in [0, 0.1) is 5.82 Å². The second-order valence-electron chi connectivity index (χ2n) is 4.00. The van der Waals surface area contributed by atoms with Crippen molar-refractivity contribution in [3.8, 4) is 0 Å². The number of hydrogen-bond donors (Lipinski definition) is 1. The lowest BCUT2D eigenvalue weighted by atomic mass is 10.2. The van der Waals surface area contributed by atoms with E-state index in [4.69, 9.17) is 0 Å². The van der Waals surface area contributed by atoms with E-state index in [1.807, 2.05) is 11.8 Å². The van der Waals surface area contributed by atoms with Crippen LogP contribution < -0.4 is 4.90 Å². The molecule has 0 aliphatic carbocycles. The van der Waals surface area contributed by atoms with E-state index in [1.165, 1.54) is 12.1 Å². The van der Waals surface area contributed by atoms with Crippen molar-refractivity contribution in [2.75, 3.05) is 18.0 Å². The summed E-state index contributed by atoms with van der Waals surface area (Å²) in [6.07, 6.45) is 1.71. The molecule has 0 bridgehead atoms. The molecule has 0 unspecified atom stereocenters. The van der Waals surface area contributed by atoms with Crippen LogP contribution in [0.5, 0.6) is 0 Å². The van der Waals surface area contributed by atoms with E-state index in [0.29, 0.717) is 12.2 Å². The fourth-order valence-electron chi connectivity index (χ4n) is 1.82. The quantitative estimate of drug-likeness (QED) is 0.823. The normalized spacial score (nSPS) is 10.3. The van der Waals surface area contributed by atoms with Gasteiger partial charge in [0, 0.05) is 18.4 Å². The molecule has 1 aromatic carbocycles. The topological polar surface area (TPSA) is 36.1 Å². The Morgan fingerprint density at radius 1 is 1.33 bits per heavy atom. The van der Waals surface area contributed by atoms with Crippen LogP contribution in [0.25, 0.3) is 0 Å². The maximum atomic E-state index is 13.2. The molecular weight excluding hydrogens is 231 g/mol. The predicted molar refractivity (Wildman–Crippen MR) is 69.4 cm³/mol. The number of anilines is 1. The second-order valence-corrected chi connectivity index (χ2v) is 4.00. The van der Waals surface area contributed by atoms with Gasteiger partial charge in [-0.2, -0.15) is 0 Å². The molecule has 0 saturated carbocycles. The molecule has 1 aromatic heterocycles. The number of benzene rings is 1. The predicted octanol–water partition coefficient (Wildman–Crippen LogP) is 2.86. The average Bonchev–Trinajstić information content (AvgIpc) is 2.89. The Bertz CT molecular complexity index is 522. The van der Waals surface area contributed by atoms with E-state index >= 15 is 0 Å². The molecule has 0 spiro atoms. The van der Waals surface area contributed by atoms with Crippen LogP contribution in [0.2, 0.25) is 0 Å². The average molecular weight is 246 g/mol. The summed E-state index contributed by atoms with van der Waals surface area (Å²) in [5.41, 5.74) is 1.29. The summed E-state index contributed by atoms with van der Waals surface area (Å²) in [5.74, 6) is -0.301. The number of hydrogen-bond acceptors (Lipinski definition) is 2. The number of aromatic amines is 1. The first-order valence-corrected chi connectivity index (χ1v) is 5.88. The Morgan fingerprint density at radius 3 is 2.78 bits per heavy atom. The Labute approximate surface area is 105 Å². The number of carbonyl (C=O) groups excluding carboxylic acids is 1. The lowest BCUT2D eigenvalue weighted by Crippen LogP contribution is -2.29. The van der Waals surface area contributed by atoms with Gasteiger partial charge in [0.25, 0.3) is 0 Å². The second kappa shape index (κ2) is 5.49. The van der Waals surface area contributed by atoms with Crippen molar-refractivity contribution in [3.05, 3.63) is 54.1 Å². The van der Waals surface area contributed by atoms with Gasteiger partial charge in [0.15, 0.2) is 5.78 Å². The van der Waals surface area contributed by atoms with Gasteiger partial charge in [0.1, 0.15) is 5.82 Å². The third-order valence-electron chi connectivity index (χ3n) is 2.79. The van der Waals surface area contributed by atoms with Crippen LogP contribution in [0.1, 0.15) is 17.4 Å². The smallest absolute Gasteiger partial charge is 0.198 e. The number of nitrogens with one attached hydrogen (secondary N) is 1. The standard InChI is InChI=1S/C14H15FN2O/c1-2-17(12-6-3-5-11(15)9-12)10-14(18)13-7-4-8-16-13/h3-9,16H,2,10H2,1H3. The third kappa shape index (κ3) is 2.77. The van der Waals surface area contributed by atoms with Crippen molar-refractivity contribution in [2.24, 2.45) is 0 Å². The SMILES string of the molecule is CCN(CC(=O)c1ccc[nH]1)c1cccc(F)c1. The molecule has 94 valence electrons. The highest BCUT2D eigenvalue weighted by Crippen LogP contribution is 2.15. The van der Waals surface area contributed by atoms with Crippen LogP contribution in [0.4, 0.5) is 10.1 Å². The highest BCUT2D eigenvalue weighted by molar-refractivity contribution is 5.97. The zero-order chi connectivity index (χ0) is 13.0. The van der Waals surface area contributed by atoms with E-state index in [-0.39, 0.29) is 18.1 Å². The Morgan fingerprint density at radius 2 is 2.17 bits per heavy atom. The van der Waals surface area contributed by atoms with E-state index in [0.717, 1.165) is 5.69 Å². The summed E-state index contributed by atoms with van der Waals surface area (Å²) in [6.45, 7) is 2.82. The molecule has 2 rings (SSSR count). The van der Waals surface area contributed by atoms with Gasteiger partial charge < -0.3 is 9.88 Å². The van der Waals surface area contributed by atoms with Gasteiger partial charge in [0.05, 0.1) is 12.2 Å². The number of Topliss-reactive ketones (excluding diaryl/α,β-unsaturated/α-hetero) is 1. The molecule has 0 radical (unpaired) electrons. The van der Waals surface area contributed by atoms with Gasteiger partial charge in [-0.1, -0.05) is 6.07 Å². The molecule has 4 heteroatoms. The van der Waals surface area contributed by atoms with Gasteiger partial charge in [-0.3, -0.25) is 4.79 Å². The Balaban J connectivity index is 2.13. The van der Waals surface area contributed by atoms with Crippen LogP contribution in [0.15, 0.2) is 42.6 Å². The molecule has 18 heavy (non-hydrogen) atoms. The first kappa shape index (κ1) is 12.4. The molecule has 0 fully saturated rings. The summed E-state index contributed by atoms with van der Waals surface area (Å²) < 4.78 is 13.2. The molecule has 3 nitrogen and oxygen atoms in total. The van der Waals surface area contributed by atoms with Crippen molar-refractivity contribution < 1.29 is 9.18 Å². The summed E-state index contributed by atoms with van der Waals surface area (Å²) in [5, 5.41) is 0. The molecule has 2 aromatic rings. The molecule has 0 saturated heterocycles. The number of aromatic nitrogens is 1. The van der Waals surface area contributed by atoms with Gasteiger partial charge in [0.2, 0.25) is 0 Å². The summed E-state index contributed by atoms with van der Waals surface area (Å²) in [4.78, 5) is 16.7. The molecule has 1 heterocycles. The van der Waals surface area contributed by atoms with Crippen LogP contribution in [-0.2, 0) is 0 Å². The minimum absolute atomic E-state index is 0.00823. The first-order valence-electron chi connectivity index (χ1n) is 5.88. The summed E-state index contributed by atoms with van der Waals surface area (Å²) >= 11 is 0. The zero-order valence-electron chi connectivity index (χ0n) is 10.2. The van der Waals surface area contributed by atoms with Crippen LogP contribution >= 0.6 is 0 Å². The minimum atomic E-state index is -0.293. The van der Waals surface area contributed by atoms with Crippen LogP contribution in [0.3, 0.4) is 0 Å². The maximum Gasteiger partial charge on any atom is 0.198 e. The Kier molecular flexibility index (Phi) is 3.77. The van der Waals surface area contributed by atoms with Crippen molar-refractivity contribution in [1.82, 2.24) is 4.98 Å². The zero-order valence-corrected chi connectivity index (χ0v) is 10.2. The summed E-state index contributed by atoms with van der Waals surface area (Å²) in [6, 6.07) is 9.80. The number of ketones is 1. The molecular formula is C14H15FN2O. The van der Waals surface area contributed by atoms with Crippen molar-refractivity contribution in [1.29, 1.82) is 0 Å². The number of likely N-dealkylation sites (N-methyl/N-ethyl adjacent to an activating group) is 1. The van der Waals surface area contributed by atoms with Crippen LogP contribution in [-0.4, -0.2) is 23.9 Å². The lowest BCUT2D eigenvalue weighted by Gasteiger charge is -2.22.